The van der Waals surface area contributed by atoms with Crippen molar-refractivity contribution in [1.29, 1.82) is 0 Å². The molecule has 0 aliphatic carbocycles. The second-order valence-electron chi connectivity index (χ2n) is 6.62. The Bertz CT molecular complexity index is 1000. The molecule has 0 saturated carbocycles. The van der Waals surface area contributed by atoms with E-state index in [4.69, 9.17) is 11.6 Å². The smallest absolute Gasteiger partial charge is 0.255 e. The lowest BCUT2D eigenvalue weighted by Crippen LogP contribution is -2.29. The van der Waals surface area contributed by atoms with Gasteiger partial charge >= 0.3 is 0 Å². The van der Waals surface area contributed by atoms with Crippen LogP contribution in [0.15, 0.2) is 42.5 Å². The van der Waals surface area contributed by atoms with Crippen molar-refractivity contribution in [2.24, 2.45) is 0 Å². The third-order valence-corrected chi connectivity index (χ3v) is 6.34. The maximum atomic E-state index is 12.5. The number of hydrogen-bond acceptors (Lipinski definition) is 4. The van der Waals surface area contributed by atoms with Crippen molar-refractivity contribution in [3.63, 3.8) is 0 Å². The summed E-state index contributed by atoms with van der Waals surface area (Å²) in [5.41, 5.74) is 1.98. The van der Waals surface area contributed by atoms with Crippen LogP contribution in [-0.2, 0) is 14.8 Å². The number of rotatable bonds is 4. The molecule has 1 fully saturated rings. The average molecular weight is 407 g/mol. The van der Waals surface area contributed by atoms with Crippen molar-refractivity contribution in [2.45, 2.75) is 26.2 Å². The van der Waals surface area contributed by atoms with Crippen LogP contribution in [-0.4, -0.2) is 26.0 Å². The highest BCUT2D eigenvalue weighted by Gasteiger charge is 2.37. The zero-order chi connectivity index (χ0) is 19.8. The molecule has 0 aromatic heterocycles. The van der Waals surface area contributed by atoms with Gasteiger partial charge in [-0.05, 0) is 41.8 Å². The molecule has 1 aliphatic heterocycles. The molecule has 1 aliphatic rings. The highest BCUT2D eigenvalue weighted by molar-refractivity contribution is 7.94. The van der Waals surface area contributed by atoms with Crippen molar-refractivity contribution in [1.82, 2.24) is 0 Å². The fraction of sp³-hybridized carbons (Fsp3) is 0.263. The van der Waals surface area contributed by atoms with Gasteiger partial charge < -0.3 is 5.32 Å². The number of anilines is 2. The summed E-state index contributed by atoms with van der Waals surface area (Å²) < 4.78 is 24.9. The number of sulfonamides is 1. The Labute approximate surface area is 163 Å². The van der Waals surface area contributed by atoms with Gasteiger partial charge in [0.05, 0.1) is 16.5 Å². The molecule has 142 valence electrons. The summed E-state index contributed by atoms with van der Waals surface area (Å²) in [4.78, 5) is 24.5. The second kappa shape index (κ2) is 7.32. The van der Waals surface area contributed by atoms with Gasteiger partial charge in [0.1, 0.15) is 0 Å². The molecule has 0 unspecified atom stereocenters. The molecule has 1 heterocycles. The molecule has 0 atom stereocenters. The number of hydrogen-bond donors (Lipinski definition) is 1. The van der Waals surface area contributed by atoms with Crippen LogP contribution in [0.4, 0.5) is 11.4 Å². The largest absolute Gasteiger partial charge is 0.322 e. The monoisotopic (exact) mass is 406 g/mol. The first-order valence-corrected chi connectivity index (χ1v) is 10.4. The molecule has 1 saturated heterocycles. The molecular weight excluding hydrogens is 388 g/mol. The van der Waals surface area contributed by atoms with Crippen LogP contribution in [0.2, 0.25) is 5.02 Å². The number of amides is 2. The van der Waals surface area contributed by atoms with Crippen LogP contribution in [0.3, 0.4) is 0 Å². The Kier molecular flexibility index (Phi) is 5.26. The molecule has 27 heavy (non-hydrogen) atoms. The van der Waals surface area contributed by atoms with E-state index in [1.54, 1.807) is 12.1 Å². The SMILES string of the molecule is CC(C)c1ccc(NC(=O)c2ccc(Cl)c(N3C(=O)CCS3(=O)=O)c2)cc1. The van der Waals surface area contributed by atoms with Crippen LogP contribution in [0.5, 0.6) is 0 Å². The lowest BCUT2D eigenvalue weighted by atomic mass is 10.0. The number of nitrogens with one attached hydrogen (secondary N) is 1. The van der Waals surface area contributed by atoms with Gasteiger partial charge in [0.25, 0.3) is 5.91 Å². The molecule has 1 N–H and O–H groups in total. The molecule has 2 aromatic carbocycles. The zero-order valence-electron chi connectivity index (χ0n) is 14.9. The minimum atomic E-state index is -3.76. The third kappa shape index (κ3) is 3.99. The molecule has 0 radical (unpaired) electrons. The first-order chi connectivity index (χ1) is 12.7. The lowest BCUT2D eigenvalue weighted by molar-refractivity contribution is -0.116. The van der Waals surface area contributed by atoms with E-state index in [-0.39, 0.29) is 28.4 Å². The maximum Gasteiger partial charge on any atom is 0.255 e. The summed E-state index contributed by atoms with van der Waals surface area (Å²) in [6.45, 7) is 4.16. The number of carbonyl (C=O) groups excluding carboxylic acids is 2. The van der Waals surface area contributed by atoms with Gasteiger partial charge in [-0.1, -0.05) is 37.6 Å². The Morgan fingerprint density at radius 2 is 1.81 bits per heavy atom. The molecule has 3 rings (SSSR count). The number of halogens is 1. The molecular formula is C19H19ClN2O4S. The van der Waals surface area contributed by atoms with E-state index in [9.17, 15) is 18.0 Å². The third-order valence-electron chi connectivity index (χ3n) is 4.34. The average Bonchev–Trinajstić information content (AvgIpc) is 2.89. The predicted octanol–water partition coefficient (Wildman–Crippen LogP) is 3.78. The summed E-state index contributed by atoms with van der Waals surface area (Å²) >= 11 is 6.09. The maximum absolute atomic E-state index is 12.5. The van der Waals surface area contributed by atoms with E-state index in [2.05, 4.69) is 19.2 Å². The zero-order valence-corrected chi connectivity index (χ0v) is 16.5. The van der Waals surface area contributed by atoms with Gasteiger partial charge in [-0.2, -0.15) is 0 Å². The van der Waals surface area contributed by atoms with Crippen molar-refractivity contribution < 1.29 is 18.0 Å². The van der Waals surface area contributed by atoms with E-state index in [0.717, 1.165) is 5.56 Å². The van der Waals surface area contributed by atoms with Gasteiger partial charge in [0.15, 0.2) is 0 Å². The van der Waals surface area contributed by atoms with Crippen LogP contribution in [0.1, 0.15) is 42.1 Å². The number of nitrogens with zero attached hydrogens (tertiary/aromatic N) is 1. The minimum Gasteiger partial charge on any atom is -0.322 e. The highest BCUT2D eigenvalue weighted by atomic mass is 35.5. The number of benzene rings is 2. The van der Waals surface area contributed by atoms with Crippen molar-refractivity contribution in [3.05, 3.63) is 58.6 Å². The quantitative estimate of drug-likeness (QED) is 0.837. The van der Waals surface area contributed by atoms with E-state index in [1.807, 2.05) is 12.1 Å². The van der Waals surface area contributed by atoms with Gasteiger partial charge in [-0.15, -0.1) is 0 Å². The summed E-state index contributed by atoms with van der Waals surface area (Å²) in [6, 6.07) is 11.7. The van der Waals surface area contributed by atoms with E-state index >= 15 is 0 Å². The molecule has 2 aromatic rings. The van der Waals surface area contributed by atoms with E-state index < -0.39 is 21.8 Å². The molecule has 0 spiro atoms. The molecule has 2 amide bonds. The van der Waals surface area contributed by atoms with Crippen LogP contribution < -0.4 is 9.62 Å². The Morgan fingerprint density at radius 1 is 1.15 bits per heavy atom. The van der Waals surface area contributed by atoms with E-state index in [0.29, 0.717) is 15.9 Å². The van der Waals surface area contributed by atoms with Gasteiger partial charge in [-0.25, -0.2) is 12.7 Å². The summed E-state index contributed by atoms with van der Waals surface area (Å²) in [6.07, 6.45) is -0.0999. The second-order valence-corrected chi connectivity index (χ2v) is 8.97. The van der Waals surface area contributed by atoms with Gasteiger partial charge in [0.2, 0.25) is 15.9 Å². The first kappa shape index (κ1) is 19.4. The Morgan fingerprint density at radius 3 is 2.37 bits per heavy atom. The minimum absolute atomic E-state index is 0.00183. The summed E-state index contributed by atoms with van der Waals surface area (Å²) in [5.74, 6) is -0.859. The molecule has 8 heteroatoms. The highest BCUT2D eigenvalue weighted by Crippen LogP contribution is 2.33. The first-order valence-electron chi connectivity index (χ1n) is 8.46. The van der Waals surface area contributed by atoms with Gasteiger partial charge in [0, 0.05) is 17.7 Å². The van der Waals surface area contributed by atoms with Crippen molar-refractivity contribution in [2.75, 3.05) is 15.4 Å². The standard InChI is InChI=1S/C19H19ClN2O4S/c1-12(2)13-3-6-15(7-4-13)21-19(24)14-5-8-16(20)17(11-14)22-18(23)9-10-27(22,25)26/h3-8,11-12H,9-10H2,1-2H3,(H,21,24). The van der Waals surface area contributed by atoms with Crippen molar-refractivity contribution >= 4 is 44.8 Å². The fourth-order valence-corrected chi connectivity index (χ4v) is 4.53. The lowest BCUT2D eigenvalue weighted by Gasteiger charge is -2.17. The van der Waals surface area contributed by atoms with Crippen LogP contribution in [0.25, 0.3) is 0 Å². The van der Waals surface area contributed by atoms with Crippen LogP contribution >= 0.6 is 11.6 Å². The Hall–Kier alpha value is -2.38. The number of carbonyl (C=O) groups is 2. The Balaban J connectivity index is 1.87. The molecule has 0 bridgehead atoms. The molecule has 6 nitrogen and oxygen atoms in total. The topological polar surface area (TPSA) is 83.6 Å². The van der Waals surface area contributed by atoms with Crippen molar-refractivity contribution in [3.8, 4) is 0 Å². The normalized spacial score (nSPS) is 16.0. The summed E-state index contributed by atoms with van der Waals surface area (Å²) in [7, 11) is -3.76. The van der Waals surface area contributed by atoms with Crippen LogP contribution in [0, 0.1) is 0 Å². The predicted molar refractivity (Wildman–Crippen MR) is 106 cm³/mol. The van der Waals surface area contributed by atoms with Gasteiger partial charge in [-0.3, -0.25) is 9.59 Å². The van der Waals surface area contributed by atoms with E-state index in [1.165, 1.54) is 18.2 Å². The fourth-order valence-electron chi connectivity index (χ4n) is 2.81. The summed E-state index contributed by atoms with van der Waals surface area (Å²) in [5, 5.41) is 2.85.